The summed E-state index contributed by atoms with van der Waals surface area (Å²) in [5.41, 5.74) is 6.03. The number of likely N-dealkylation sites (N-methyl/N-ethyl adjacent to an activating group) is 1. The van der Waals surface area contributed by atoms with Gasteiger partial charge in [-0.1, -0.05) is 19.3 Å². The molecule has 5 nitrogen and oxygen atoms in total. The molecule has 0 spiro atoms. The number of piperazine rings is 1. The van der Waals surface area contributed by atoms with Crippen molar-refractivity contribution >= 4 is 43.1 Å². The second kappa shape index (κ2) is 13.4. The fraction of sp³-hybridized carbons (Fsp3) is 0.938. The highest BCUT2D eigenvalue weighted by Gasteiger charge is 2.32. The van der Waals surface area contributed by atoms with E-state index in [-0.39, 0.29) is 48.5 Å². The number of rotatable bonds is 6. The van der Waals surface area contributed by atoms with Gasteiger partial charge >= 0.3 is 0 Å². The number of nitrogens with two attached hydrogens (primary N) is 1. The van der Waals surface area contributed by atoms with Gasteiger partial charge in [-0.2, -0.15) is 0 Å². The summed E-state index contributed by atoms with van der Waals surface area (Å²) in [7, 11) is 2.16. The molecule has 1 aliphatic heterocycles. The van der Waals surface area contributed by atoms with Gasteiger partial charge < -0.3 is 16.0 Å². The molecule has 1 heterocycles. The van der Waals surface area contributed by atoms with E-state index in [2.05, 4.69) is 22.2 Å². The van der Waals surface area contributed by atoms with E-state index in [0.29, 0.717) is 13.0 Å². The molecule has 24 heavy (non-hydrogen) atoms. The van der Waals surface area contributed by atoms with Crippen molar-refractivity contribution in [2.24, 2.45) is 11.1 Å². The minimum absolute atomic E-state index is 0. The molecule has 1 amide bonds. The number of halogens is 3. The molecule has 3 N–H and O–H groups in total. The Hall–Kier alpha value is 0.220. The summed E-state index contributed by atoms with van der Waals surface area (Å²) in [5.74, 6) is 0.191. The summed E-state index contributed by atoms with van der Waals surface area (Å²) in [4.78, 5) is 17.0. The summed E-state index contributed by atoms with van der Waals surface area (Å²) in [6.45, 7) is 6.87. The van der Waals surface area contributed by atoms with Crippen LogP contribution in [0, 0.1) is 5.41 Å². The van der Waals surface area contributed by atoms with Crippen LogP contribution in [-0.4, -0.2) is 68.6 Å². The minimum Gasteiger partial charge on any atom is -0.355 e. The number of hydrogen-bond donors (Lipinski definition) is 2. The predicted molar refractivity (Wildman–Crippen MR) is 108 cm³/mol. The highest BCUT2D eigenvalue weighted by Crippen LogP contribution is 2.38. The van der Waals surface area contributed by atoms with Gasteiger partial charge in [0.2, 0.25) is 5.91 Å². The van der Waals surface area contributed by atoms with Crippen LogP contribution < -0.4 is 11.1 Å². The molecule has 2 rings (SSSR count). The van der Waals surface area contributed by atoms with Crippen LogP contribution in [0.25, 0.3) is 0 Å². The largest absolute Gasteiger partial charge is 0.355 e. The number of nitrogens with zero attached hydrogens (tertiary/aromatic N) is 2. The van der Waals surface area contributed by atoms with Crippen LogP contribution in [0.1, 0.15) is 38.5 Å². The van der Waals surface area contributed by atoms with E-state index < -0.39 is 0 Å². The van der Waals surface area contributed by atoms with E-state index in [4.69, 9.17) is 5.73 Å². The second-order valence-corrected chi connectivity index (χ2v) is 6.94. The summed E-state index contributed by atoms with van der Waals surface area (Å²) >= 11 is 0. The molecule has 0 atom stereocenters. The third kappa shape index (κ3) is 8.54. The number of hydrogen-bond acceptors (Lipinski definition) is 4. The lowest BCUT2D eigenvalue weighted by molar-refractivity contribution is -0.123. The van der Waals surface area contributed by atoms with Crippen LogP contribution in [-0.2, 0) is 4.79 Å². The average molecular weight is 406 g/mol. The van der Waals surface area contributed by atoms with E-state index >= 15 is 0 Å². The van der Waals surface area contributed by atoms with Crippen molar-refractivity contribution in [1.82, 2.24) is 15.1 Å². The average Bonchev–Trinajstić information content (AvgIpc) is 2.50. The van der Waals surface area contributed by atoms with Gasteiger partial charge in [-0.05, 0) is 31.8 Å². The molecule has 0 radical (unpaired) electrons. The molecular weight excluding hydrogens is 371 g/mol. The van der Waals surface area contributed by atoms with E-state index in [1.165, 1.54) is 19.3 Å². The van der Waals surface area contributed by atoms with Crippen molar-refractivity contribution in [3.8, 4) is 0 Å². The Kier molecular flexibility index (Phi) is 14.8. The van der Waals surface area contributed by atoms with Crippen molar-refractivity contribution in [1.29, 1.82) is 0 Å². The highest BCUT2D eigenvalue weighted by molar-refractivity contribution is 5.86. The third-order valence-corrected chi connectivity index (χ3v) is 5.23. The maximum atomic E-state index is 12.2. The zero-order valence-corrected chi connectivity index (χ0v) is 17.2. The zero-order chi connectivity index (χ0) is 15.1. The Morgan fingerprint density at radius 2 is 1.62 bits per heavy atom. The van der Waals surface area contributed by atoms with Crippen LogP contribution in [0.5, 0.6) is 0 Å². The van der Waals surface area contributed by atoms with E-state index in [1.807, 2.05) is 0 Å². The quantitative estimate of drug-likeness (QED) is 0.708. The molecule has 0 aromatic heterocycles. The van der Waals surface area contributed by atoms with Gasteiger partial charge in [-0.3, -0.25) is 9.69 Å². The molecular formula is C16H35Cl3N4O. The van der Waals surface area contributed by atoms with E-state index in [0.717, 1.165) is 52.1 Å². The molecule has 2 aliphatic rings. The standard InChI is InChI=1S/C16H32N4O.3ClH/c1-19-9-11-20(12-10-19)8-7-18-15(21)13-16(14-17)5-3-2-4-6-16;;;/h2-14,17H2,1H3,(H,18,21);3*1H. The van der Waals surface area contributed by atoms with Crippen molar-refractivity contribution < 1.29 is 4.79 Å². The fourth-order valence-corrected chi connectivity index (χ4v) is 3.58. The summed E-state index contributed by atoms with van der Waals surface area (Å²) in [5, 5.41) is 3.10. The summed E-state index contributed by atoms with van der Waals surface area (Å²) in [6.07, 6.45) is 6.61. The lowest BCUT2D eigenvalue weighted by atomic mass is 9.71. The summed E-state index contributed by atoms with van der Waals surface area (Å²) < 4.78 is 0. The van der Waals surface area contributed by atoms with Crippen LogP contribution >= 0.6 is 37.2 Å². The lowest BCUT2D eigenvalue weighted by Gasteiger charge is -2.36. The Morgan fingerprint density at radius 3 is 2.17 bits per heavy atom. The van der Waals surface area contributed by atoms with Gasteiger partial charge in [0, 0.05) is 45.7 Å². The minimum atomic E-state index is 0. The Labute approximate surface area is 165 Å². The molecule has 8 heteroatoms. The van der Waals surface area contributed by atoms with Gasteiger partial charge in [-0.25, -0.2) is 0 Å². The van der Waals surface area contributed by atoms with Crippen molar-refractivity contribution in [2.45, 2.75) is 38.5 Å². The first-order valence-corrected chi connectivity index (χ1v) is 8.51. The number of nitrogens with one attached hydrogen (secondary N) is 1. The van der Waals surface area contributed by atoms with Gasteiger partial charge in [0.05, 0.1) is 0 Å². The van der Waals surface area contributed by atoms with Crippen LogP contribution in [0.3, 0.4) is 0 Å². The first kappa shape index (κ1) is 26.4. The maximum absolute atomic E-state index is 12.2. The first-order chi connectivity index (χ1) is 10.1. The van der Waals surface area contributed by atoms with Gasteiger partial charge in [0.25, 0.3) is 0 Å². The summed E-state index contributed by atoms with van der Waals surface area (Å²) in [6, 6.07) is 0. The molecule has 2 fully saturated rings. The Balaban J connectivity index is 0. The maximum Gasteiger partial charge on any atom is 0.220 e. The van der Waals surface area contributed by atoms with Crippen LogP contribution in [0.2, 0.25) is 0 Å². The normalized spacial score (nSPS) is 20.9. The van der Waals surface area contributed by atoms with Gasteiger partial charge in [-0.15, -0.1) is 37.2 Å². The first-order valence-electron chi connectivity index (χ1n) is 8.51. The fourth-order valence-electron chi connectivity index (χ4n) is 3.58. The molecule has 0 unspecified atom stereocenters. The topological polar surface area (TPSA) is 61.6 Å². The van der Waals surface area contributed by atoms with E-state index in [9.17, 15) is 4.79 Å². The molecule has 0 bridgehead atoms. The predicted octanol–water partition coefficient (Wildman–Crippen LogP) is 1.91. The van der Waals surface area contributed by atoms with Gasteiger partial charge in [0.1, 0.15) is 0 Å². The van der Waals surface area contributed by atoms with Crippen molar-refractivity contribution in [3.63, 3.8) is 0 Å². The van der Waals surface area contributed by atoms with Gasteiger partial charge in [0.15, 0.2) is 0 Å². The smallest absolute Gasteiger partial charge is 0.220 e. The third-order valence-electron chi connectivity index (χ3n) is 5.23. The van der Waals surface area contributed by atoms with E-state index in [1.54, 1.807) is 0 Å². The lowest BCUT2D eigenvalue weighted by Crippen LogP contribution is -2.47. The number of carbonyl (C=O) groups is 1. The van der Waals surface area contributed by atoms with Crippen LogP contribution in [0.4, 0.5) is 0 Å². The van der Waals surface area contributed by atoms with Crippen molar-refractivity contribution in [2.75, 3.05) is 52.9 Å². The highest BCUT2D eigenvalue weighted by atomic mass is 35.5. The molecule has 0 aromatic rings. The second-order valence-electron chi connectivity index (χ2n) is 6.94. The number of carbonyl (C=O) groups excluding carboxylic acids is 1. The Morgan fingerprint density at radius 1 is 1.04 bits per heavy atom. The molecule has 0 aromatic carbocycles. The molecule has 146 valence electrons. The molecule has 1 saturated carbocycles. The molecule has 1 aliphatic carbocycles. The SMILES string of the molecule is CN1CCN(CCNC(=O)CC2(CN)CCCCC2)CC1.Cl.Cl.Cl. The number of amides is 1. The van der Waals surface area contributed by atoms with Crippen LogP contribution in [0.15, 0.2) is 0 Å². The van der Waals surface area contributed by atoms with Crippen molar-refractivity contribution in [3.05, 3.63) is 0 Å². The molecule has 1 saturated heterocycles. The monoisotopic (exact) mass is 404 g/mol. The Bertz CT molecular complexity index is 333. The zero-order valence-electron chi connectivity index (χ0n) is 14.8.